The summed E-state index contributed by atoms with van der Waals surface area (Å²) in [5.74, 6) is 1.82. The highest BCUT2D eigenvalue weighted by molar-refractivity contribution is 5.66. The molecule has 0 radical (unpaired) electrons. The topological polar surface area (TPSA) is 29.0 Å². The van der Waals surface area contributed by atoms with Crippen molar-refractivity contribution in [3.05, 3.63) is 54.0 Å². The van der Waals surface area contributed by atoms with Crippen molar-refractivity contribution in [2.45, 2.75) is 19.3 Å². The molecule has 0 N–H and O–H groups in total. The van der Waals surface area contributed by atoms with Crippen molar-refractivity contribution < 1.29 is 0 Å². The van der Waals surface area contributed by atoms with Gasteiger partial charge in [0.1, 0.15) is 5.82 Å². The average molecular weight is 265 g/mol. The zero-order valence-electron chi connectivity index (χ0n) is 11.6. The number of hydrogen-bond acceptors (Lipinski definition) is 3. The molecular weight excluding hydrogens is 246 g/mol. The third-order valence-corrected chi connectivity index (χ3v) is 3.56. The fourth-order valence-corrected chi connectivity index (χ4v) is 2.48. The summed E-state index contributed by atoms with van der Waals surface area (Å²) >= 11 is 0. The zero-order chi connectivity index (χ0) is 13.6. The number of nitrogens with zero attached hydrogens (tertiary/aromatic N) is 3. The Kier molecular flexibility index (Phi) is 4.07. The molecule has 102 valence electrons. The van der Waals surface area contributed by atoms with Gasteiger partial charge >= 0.3 is 0 Å². The lowest BCUT2D eigenvalue weighted by atomic mass is 10.1. The van der Waals surface area contributed by atoms with Crippen molar-refractivity contribution in [2.24, 2.45) is 0 Å². The molecule has 3 heteroatoms. The molecule has 1 aromatic carbocycles. The first-order chi connectivity index (χ1) is 9.92. The van der Waals surface area contributed by atoms with Gasteiger partial charge in [-0.05, 0) is 37.0 Å². The van der Waals surface area contributed by atoms with E-state index in [1.54, 1.807) is 0 Å². The first-order valence-corrected chi connectivity index (χ1v) is 7.23. The van der Waals surface area contributed by atoms with E-state index in [2.05, 4.69) is 33.1 Å². The van der Waals surface area contributed by atoms with Gasteiger partial charge in [0.15, 0.2) is 5.82 Å². The molecule has 20 heavy (non-hydrogen) atoms. The third kappa shape index (κ3) is 3.23. The molecule has 1 aliphatic heterocycles. The van der Waals surface area contributed by atoms with Crippen molar-refractivity contribution in [2.75, 3.05) is 18.0 Å². The molecule has 0 bridgehead atoms. The van der Waals surface area contributed by atoms with E-state index in [-0.39, 0.29) is 0 Å². The molecule has 1 aliphatic rings. The molecule has 2 aromatic rings. The van der Waals surface area contributed by atoms with Crippen LogP contribution in [0.3, 0.4) is 0 Å². The van der Waals surface area contributed by atoms with Crippen LogP contribution >= 0.6 is 0 Å². The van der Waals surface area contributed by atoms with Crippen LogP contribution in [0, 0.1) is 0 Å². The number of rotatable bonds is 3. The lowest BCUT2D eigenvalue weighted by molar-refractivity contribution is 0.573. The maximum absolute atomic E-state index is 4.64. The molecule has 3 rings (SSSR count). The van der Waals surface area contributed by atoms with Crippen LogP contribution in [0.1, 0.15) is 30.7 Å². The molecule has 0 unspecified atom stereocenters. The highest BCUT2D eigenvalue weighted by Gasteiger charge is 2.11. The number of hydrogen-bond donors (Lipinski definition) is 0. The van der Waals surface area contributed by atoms with Crippen LogP contribution in [0.25, 0.3) is 12.2 Å². The average Bonchev–Trinajstić information content (AvgIpc) is 2.55. The first-order valence-electron chi connectivity index (χ1n) is 7.23. The van der Waals surface area contributed by atoms with E-state index in [1.807, 2.05) is 36.5 Å². The normalized spacial score (nSPS) is 15.7. The maximum Gasteiger partial charge on any atom is 0.154 e. The Balaban J connectivity index is 1.75. The molecule has 0 aliphatic carbocycles. The van der Waals surface area contributed by atoms with Gasteiger partial charge < -0.3 is 4.90 Å². The molecule has 1 saturated heterocycles. The van der Waals surface area contributed by atoms with Crippen molar-refractivity contribution in [1.29, 1.82) is 0 Å². The van der Waals surface area contributed by atoms with E-state index >= 15 is 0 Å². The van der Waals surface area contributed by atoms with E-state index in [0.29, 0.717) is 0 Å². The third-order valence-electron chi connectivity index (χ3n) is 3.56. The minimum absolute atomic E-state index is 0.775. The maximum atomic E-state index is 4.64. The smallest absolute Gasteiger partial charge is 0.154 e. The molecule has 0 saturated carbocycles. The summed E-state index contributed by atoms with van der Waals surface area (Å²) in [6.45, 7) is 2.22. The second kappa shape index (κ2) is 6.33. The fourth-order valence-electron chi connectivity index (χ4n) is 2.48. The number of benzene rings is 1. The van der Waals surface area contributed by atoms with E-state index in [0.717, 1.165) is 24.7 Å². The van der Waals surface area contributed by atoms with Crippen LogP contribution in [0.5, 0.6) is 0 Å². The number of anilines is 1. The second-order valence-corrected chi connectivity index (χ2v) is 5.06. The minimum Gasteiger partial charge on any atom is -0.357 e. The summed E-state index contributed by atoms with van der Waals surface area (Å²) in [5, 5.41) is 0. The van der Waals surface area contributed by atoms with Crippen molar-refractivity contribution in [3.63, 3.8) is 0 Å². The molecule has 0 spiro atoms. The van der Waals surface area contributed by atoms with Gasteiger partial charge in [-0.25, -0.2) is 9.97 Å². The van der Waals surface area contributed by atoms with E-state index in [4.69, 9.17) is 0 Å². The van der Waals surface area contributed by atoms with Crippen molar-refractivity contribution >= 4 is 18.0 Å². The summed E-state index contributed by atoms with van der Waals surface area (Å²) < 4.78 is 0. The van der Waals surface area contributed by atoms with Crippen molar-refractivity contribution in [3.8, 4) is 0 Å². The van der Waals surface area contributed by atoms with Gasteiger partial charge in [-0.2, -0.15) is 0 Å². The second-order valence-electron chi connectivity index (χ2n) is 5.06. The Bertz CT molecular complexity index is 572. The lowest BCUT2D eigenvalue weighted by Crippen LogP contribution is -2.30. The van der Waals surface area contributed by atoms with Crippen LogP contribution in [0.2, 0.25) is 0 Å². The molecule has 2 heterocycles. The van der Waals surface area contributed by atoms with E-state index < -0.39 is 0 Å². The predicted molar refractivity (Wildman–Crippen MR) is 83.5 cm³/mol. The monoisotopic (exact) mass is 265 g/mol. The fraction of sp³-hybridized carbons (Fsp3) is 0.294. The Morgan fingerprint density at radius 2 is 1.70 bits per heavy atom. The number of piperidine rings is 1. The summed E-state index contributed by atoms with van der Waals surface area (Å²) in [6, 6.07) is 12.2. The summed E-state index contributed by atoms with van der Waals surface area (Å²) in [7, 11) is 0. The Hall–Kier alpha value is -2.16. The Morgan fingerprint density at radius 1 is 0.900 bits per heavy atom. The predicted octanol–water partition coefficient (Wildman–Crippen LogP) is 3.64. The summed E-state index contributed by atoms with van der Waals surface area (Å²) in [5.41, 5.74) is 1.17. The zero-order valence-corrected chi connectivity index (χ0v) is 11.6. The van der Waals surface area contributed by atoms with Gasteiger partial charge in [-0.3, -0.25) is 0 Å². The first kappa shape index (κ1) is 12.9. The number of aromatic nitrogens is 2. The van der Waals surface area contributed by atoms with E-state index in [9.17, 15) is 0 Å². The van der Waals surface area contributed by atoms with Crippen LogP contribution in [0.4, 0.5) is 5.82 Å². The minimum atomic E-state index is 0.775. The van der Waals surface area contributed by atoms with Gasteiger partial charge in [-0.15, -0.1) is 0 Å². The van der Waals surface area contributed by atoms with Gasteiger partial charge in [0.05, 0.1) is 0 Å². The van der Waals surface area contributed by atoms with Crippen LogP contribution < -0.4 is 4.90 Å². The molecular formula is C17H19N3. The Labute approximate surface area is 120 Å². The summed E-state index contributed by atoms with van der Waals surface area (Å²) in [6.07, 6.45) is 9.74. The quantitative estimate of drug-likeness (QED) is 0.848. The van der Waals surface area contributed by atoms with Gasteiger partial charge in [0.25, 0.3) is 0 Å². The highest BCUT2D eigenvalue weighted by atomic mass is 15.2. The molecule has 0 atom stereocenters. The molecule has 1 fully saturated rings. The van der Waals surface area contributed by atoms with Gasteiger partial charge in [-0.1, -0.05) is 36.4 Å². The van der Waals surface area contributed by atoms with E-state index in [1.165, 1.54) is 24.8 Å². The highest BCUT2D eigenvalue weighted by Crippen LogP contribution is 2.17. The molecule has 0 amide bonds. The summed E-state index contributed by atoms with van der Waals surface area (Å²) in [4.78, 5) is 11.3. The van der Waals surface area contributed by atoms with Crippen LogP contribution in [-0.2, 0) is 0 Å². The van der Waals surface area contributed by atoms with Crippen molar-refractivity contribution in [1.82, 2.24) is 9.97 Å². The van der Waals surface area contributed by atoms with Crippen LogP contribution in [-0.4, -0.2) is 23.1 Å². The SMILES string of the molecule is C(=C\c1nccc(N2CCCCC2)n1)/c1ccccc1. The van der Waals surface area contributed by atoms with Gasteiger partial charge in [0.2, 0.25) is 0 Å². The molecule has 1 aromatic heterocycles. The van der Waals surface area contributed by atoms with Crippen LogP contribution in [0.15, 0.2) is 42.6 Å². The lowest BCUT2D eigenvalue weighted by Gasteiger charge is -2.27. The Morgan fingerprint density at radius 3 is 2.50 bits per heavy atom. The largest absolute Gasteiger partial charge is 0.357 e. The van der Waals surface area contributed by atoms with Gasteiger partial charge in [0, 0.05) is 19.3 Å². The molecule has 3 nitrogen and oxygen atoms in total. The standard InChI is InChI=1S/C17H19N3/c1-3-7-15(8-4-1)9-10-16-18-12-11-17(19-16)20-13-5-2-6-14-20/h1,3-4,7-12H,2,5-6,13-14H2/b10-9+.